The topological polar surface area (TPSA) is 29.3 Å². The average molecular weight is 290 g/mol. The Morgan fingerprint density at radius 3 is 2.29 bits per heavy atom. The molecule has 1 aliphatic heterocycles. The molecule has 0 aromatic carbocycles. The van der Waals surface area contributed by atoms with Gasteiger partial charge in [0.25, 0.3) is 0 Å². The zero-order valence-electron chi connectivity index (χ0n) is 13.8. The highest BCUT2D eigenvalue weighted by molar-refractivity contribution is 5.21. The second-order valence-electron chi connectivity index (χ2n) is 7.57. The van der Waals surface area contributed by atoms with Crippen LogP contribution < -0.4 is 5.73 Å². The highest BCUT2D eigenvalue weighted by atomic mass is 15.2. The van der Waals surface area contributed by atoms with E-state index in [2.05, 4.69) is 11.0 Å². The van der Waals surface area contributed by atoms with Crippen LogP contribution in [0.1, 0.15) is 83.5 Å². The van der Waals surface area contributed by atoms with Crippen LogP contribution >= 0.6 is 0 Å². The van der Waals surface area contributed by atoms with E-state index < -0.39 is 0 Å². The second-order valence-corrected chi connectivity index (χ2v) is 7.57. The summed E-state index contributed by atoms with van der Waals surface area (Å²) in [6.45, 7) is 2.59. The van der Waals surface area contributed by atoms with Crippen molar-refractivity contribution in [3.05, 3.63) is 11.6 Å². The lowest BCUT2D eigenvalue weighted by Gasteiger charge is -2.48. The van der Waals surface area contributed by atoms with E-state index in [4.69, 9.17) is 5.73 Å². The Morgan fingerprint density at radius 2 is 1.52 bits per heavy atom. The first kappa shape index (κ1) is 15.6. The molecule has 2 aliphatic carbocycles. The van der Waals surface area contributed by atoms with Crippen molar-refractivity contribution in [2.24, 2.45) is 5.73 Å². The fourth-order valence-electron chi connectivity index (χ4n) is 4.99. The lowest BCUT2D eigenvalue weighted by atomic mass is 9.79. The maximum absolute atomic E-state index is 6.93. The van der Waals surface area contributed by atoms with Crippen LogP contribution in [0.2, 0.25) is 0 Å². The zero-order valence-corrected chi connectivity index (χ0v) is 13.8. The first-order valence-corrected chi connectivity index (χ1v) is 9.52. The number of hydrogen-bond donors (Lipinski definition) is 1. The van der Waals surface area contributed by atoms with Crippen molar-refractivity contribution in [3.63, 3.8) is 0 Å². The van der Waals surface area contributed by atoms with E-state index in [0.29, 0.717) is 11.6 Å². The molecule has 1 saturated carbocycles. The molecule has 1 unspecified atom stereocenters. The minimum Gasteiger partial charge on any atom is -0.323 e. The average Bonchev–Trinajstić information content (AvgIpc) is 2.98. The molecule has 21 heavy (non-hydrogen) atoms. The summed E-state index contributed by atoms with van der Waals surface area (Å²) in [5.41, 5.74) is 8.84. The van der Waals surface area contributed by atoms with Crippen molar-refractivity contribution in [1.29, 1.82) is 0 Å². The molecule has 2 nitrogen and oxygen atoms in total. The lowest BCUT2D eigenvalue weighted by molar-refractivity contribution is 0.0562. The highest BCUT2D eigenvalue weighted by Crippen LogP contribution is 2.42. The van der Waals surface area contributed by atoms with Gasteiger partial charge in [-0.15, -0.1) is 0 Å². The number of rotatable bonds is 3. The number of likely N-dealkylation sites (tertiary alicyclic amines) is 1. The molecule has 0 aromatic rings. The maximum atomic E-state index is 6.93. The molecule has 1 atom stereocenters. The molecule has 0 spiro atoms. The molecule has 1 saturated heterocycles. The van der Waals surface area contributed by atoms with E-state index in [1.165, 1.54) is 96.6 Å². The third-order valence-electron chi connectivity index (χ3n) is 6.26. The van der Waals surface area contributed by atoms with Crippen LogP contribution in [0.4, 0.5) is 0 Å². The summed E-state index contributed by atoms with van der Waals surface area (Å²) < 4.78 is 0. The quantitative estimate of drug-likeness (QED) is 0.781. The summed E-state index contributed by atoms with van der Waals surface area (Å²) >= 11 is 0. The van der Waals surface area contributed by atoms with Gasteiger partial charge < -0.3 is 5.73 Å². The molecule has 0 aromatic heterocycles. The van der Waals surface area contributed by atoms with Crippen LogP contribution in [0, 0.1) is 0 Å². The minimum absolute atomic E-state index is 0.302. The van der Waals surface area contributed by atoms with E-state index in [-0.39, 0.29) is 0 Å². The van der Waals surface area contributed by atoms with Gasteiger partial charge in [0.2, 0.25) is 0 Å². The van der Waals surface area contributed by atoms with Crippen LogP contribution in [-0.4, -0.2) is 29.6 Å². The van der Waals surface area contributed by atoms with Crippen LogP contribution in [-0.2, 0) is 0 Å². The molecule has 0 bridgehead atoms. The van der Waals surface area contributed by atoms with Crippen LogP contribution in [0.15, 0.2) is 11.6 Å². The number of nitrogens with two attached hydrogens (primary N) is 1. The van der Waals surface area contributed by atoms with Crippen molar-refractivity contribution < 1.29 is 0 Å². The Balaban J connectivity index is 1.78. The van der Waals surface area contributed by atoms with Crippen molar-refractivity contribution in [3.8, 4) is 0 Å². The van der Waals surface area contributed by atoms with Gasteiger partial charge in [0.05, 0.1) is 0 Å². The van der Waals surface area contributed by atoms with Gasteiger partial charge in [-0.25, -0.2) is 0 Å². The Morgan fingerprint density at radius 1 is 0.857 bits per heavy atom. The van der Waals surface area contributed by atoms with E-state index in [1.54, 1.807) is 5.57 Å². The van der Waals surface area contributed by atoms with Gasteiger partial charge >= 0.3 is 0 Å². The number of allylic oxidation sites excluding steroid dienone is 1. The Hall–Kier alpha value is -0.340. The number of hydrogen-bond acceptors (Lipinski definition) is 2. The van der Waals surface area contributed by atoms with E-state index >= 15 is 0 Å². The summed E-state index contributed by atoms with van der Waals surface area (Å²) in [7, 11) is 0. The molecule has 1 heterocycles. The first-order valence-electron chi connectivity index (χ1n) is 9.52. The Bertz CT molecular complexity index is 349. The lowest BCUT2D eigenvalue weighted by Crippen LogP contribution is -2.60. The molecule has 0 radical (unpaired) electrons. The fourth-order valence-corrected chi connectivity index (χ4v) is 4.99. The van der Waals surface area contributed by atoms with Crippen LogP contribution in [0.25, 0.3) is 0 Å². The summed E-state index contributed by atoms with van der Waals surface area (Å²) in [5.74, 6) is 0. The Labute approximate surface area is 131 Å². The molecule has 3 aliphatic rings. The van der Waals surface area contributed by atoms with Crippen LogP contribution in [0.5, 0.6) is 0 Å². The summed E-state index contributed by atoms with van der Waals surface area (Å²) in [5, 5.41) is 0. The van der Waals surface area contributed by atoms with Crippen molar-refractivity contribution in [2.45, 2.75) is 95.1 Å². The predicted octanol–water partition coefficient (Wildman–Crippen LogP) is 4.39. The van der Waals surface area contributed by atoms with Gasteiger partial charge in [0, 0.05) is 11.6 Å². The molecular formula is C19H34N2. The largest absolute Gasteiger partial charge is 0.323 e. The molecule has 2 N–H and O–H groups in total. The van der Waals surface area contributed by atoms with Crippen molar-refractivity contribution in [1.82, 2.24) is 4.90 Å². The van der Waals surface area contributed by atoms with Gasteiger partial charge in [-0.1, -0.05) is 43.8 Å². The van der Waals surface area contributed by atoms with Crippen molar-refractivity contribution in [2.75, 3.05) is 13.1 Å². The minimum atomic E-state index is 0.302. The monoisotopic (exact) mass is 290 g/mol. The molecule has 120 valence electrons. The van der Waals surface area contributed by atoms with E-state index in [0.717, 1.165) is 0 Å². The van der Waals surface area contributed by atoms with E-state index in [9.17, 15) is 0 Å². The van der Waals surface area contributed by atoms with Gasteiger partial charge in [-0.3, -0.25) is 4.90 Å². The third-order valence-corrected chi connectivity index (χ3v) is 6.26. The SMILES string of the molecule is NC(C1=CCCCCCC1)C1(N2CCCCC2)CCCC1. The smallest absolute Gasteiger partial charge is 0.0441 e. The molecular weight excluding hydrogens is 256 g/mol. The van der Waals surface area contributed by atoms with Gasteiger partial charge in [-0.05, 0) is 64.5 Å². The first-order chi connectivity index (χ1) is 10.3. The summed E-state index contributed by atoms with van der Waals surface area (Å²) in [4.78, 5) is 2.80. The molecule has 0 amide bonds. The summed E-state index contributed by atoms with van der Waals surface area (Å²) in [6, 6.07) is 0.302. The summed E-state index contributed by atoms with van der Waals surface area (Å²) in [6.07, 6.45) is 20.2. The van der Waals surface area contributed by atoms with E-state index in [1.807, 2.05) is 0 Å². The van der Waals surface area contributed by atoms with Crippen LogP contribution in [0.3, 0.4) is 0 Å². The Kier molecular flexibility index (Phi) is 5.39. The second kappa shape index (κ2) is 7.28. The number of nitrogens with zero attached hydrogens (tertiary/aromatic N) is 1. The molecule has 2 heteroatoms. The standard InChI is InChI=1S/C19H34N2/c20-18(17-11-5-2-1-3-6-12-17)19(13-7-8-14-19)21-15-9-4-10-16-21/h11,18H,1-10,12-16,20H2. The normalized spacial score (nSPS) is 29.5. The highest BCUT2D eigenvalue weighted by Gasteiger charge is 2.45. The van der Waals surface area contributed by atoms with Gasteiger partial charge in [0.1, 0.15) is 0 Å². The molecule has 3 rings (SSSR count). The van der Waals surface area contributed by atoms with Gasteiger partial charge in [0.15, 0.2) is 0 Å². The third kappa shape index (κ3) is 3.37. The zero-order chi connectivity index (χ0) is 14.5. The maximum Gasteiger partial charge on any atom is 0.0441 e. The molecule has 2 fully saturated rings. The van der Waals surface area contributed by atoms with Gasteiger partial charge in [-0.2, -0.15) is 0 Å². The fraction of sp³-hybridized carbons (Fsp3) is 0.895. The number of piperidine rings is 1. The predicted molar refractivity (Wildman–Crippen MR) is 90.4 cm³/mol. The van der Waals surface area contributed by atoms with Crippen molar-refractivity contribution >= 4 is 0 Å².